The Morgan fingerprint density at radius 3 is 3.07 bits per heavy atom. The number of hydrogen-bond donors (Lipinski definition) is 1. The normalized spacial score (nSPS) is 20.4. The van der Waals surface area contributed by atoms with Crippen LogP contribution >= 0.6 is 0 Å². The summed E-state index contributed by atoms with van der Waals surface area (Å²) in [7, 11) is 0. The molecule has 7 heteroatoms. The van der Waals surface area contributed by atoms with Gasteiger partial charge >= 0.3 is 0 Å². The van der Waals surface area contributed by atoms with E-state index in [1.54, 1.807) is 10.9 Å². The Bertz CT molecular complexity index is 796. The van der Waals surface area contributed by atoms with Gasteiger partial charge in [0.25, 0.3) is 0 Å². The maximum absolute atomic E-state index is 12.1. The fourth-order valence-electron chi connectivity index (χ4n) is 3.51. The number of nitrogens with zero attached hydrogens (tertiary/aromatic N) is 4. The van der Waals surface area contributed by atoms with Crippen LogP contribution in [0.5, 0.6) is 0 Å². The molecular formula is C20H25N5O2. The van der Waals surface area contributed by atoms with Crippen molar-refractivity contribution >= 4 is 11.5 Å². The molecule has 2 aliphatic rings. The Morgan fingerprint density at radius 1 is 1.37 bits per heavy atom. The molecule has 4 heterocycles. The quantitative estimate of drug-likeness (QED) is 0.841. The van der Waals surface area contributed by atoms with E-state index in [0.29, 0.717) is 13.1 Å². The van der Waals surface area contributed by atoms with E-state index < -0.39 is 0 Å². The number of ether oxygens (including phenoxy) is 1. The molecule has 0 aromatic carbocycles. The molecule has 2 aromatic rings. The molecule has 1 saturated heterocycles. The SMILES string of the molecule is O=C(CN1CC=C(c2cnn(-c3ccccn3)c2)CC1)NC[C@@H]1CCCO1. The van der Waals surface area contributed by atoms with Crippen molar-refractivity contribution in [1.82, 2.24) is 25.0 Å². The van der Waals surface area contributed by atoms with Crippen LogP contribution in [-0.2, 0) is 9.53 Å². The number of amides is 1. The Kier molecular flexibility index (Phi) is 5.60. The topological polar surface area (TPSA) is 72.3 Å². The fourth-order valence-corrected chi connectivity index (χ4v) is 3.51. The number of hydrogen-bond acceptors (Lipinski definition) is 5. The minimum Gasteiger partial charge on any atom is -0.376 e. The highest BCUT2D eigenvalue weighted by Crippen LogP contribution is 2.22. The molecule has 0 radical (unpaired) electrons. The van der Waals surface area contributed by atoms with Gasteiger partial charge in [-0.25, -0.2) is 9.67 Å². The molecule has 0 bridgehead atoms. The third kappa shape index (κ3) is 4.61. The Hall–Kier alpha value is -2.51. The maximum Gasteiger partial charge on any atom is 0.234 e. The summed E-state index contributed by atoms with van der Waals surface area (Å²) in [4.78, 5) is 18.6. The van der Waals surface area contributed by atoms with Crippen molar-refractivity contribution in [2.24, 2.45) is 0 Å². The first-order chi connectivity index (χ1) is 13.3. The van der Waals surface area contributed by atoms with Gasteiger partial charge in [0.05, 0.1) is 18.8 Å². The monoisotopic (exact) mass is 367 g/mol. The third-order valence-corrected chi connectivity index (χ3v) is 5.05. The minimum absolute atomic E-state index is 0.0744. The van der Waals surface area contributed by atoms with Crippen LogP contribution < -0.4 is 5.32 Å². The highest BCUT2D eigenvalue weighted by atomic mass is 16.5. The smallest absolute Gasteiger partial charge is 0.234 e. The molecule has 2 aliphatic heterocycles. The minimum atomic E-state index is 0.0744. The Balaban J connectivity index is 1.28. The van der Waals surface area contributed by atoms with Gasteiger partial charge in [0.15, 0.2) is 5.82 Å². The van der Waals surface area contributed by atoms with Crippen molar-refractivity contribution < 1.29 is 9.53 Å². The summed E-state index contributed by atoms with van der Waals surface area (Å²) in [6.07, 6.45) is 11.1. The summed E-state index contributed by atoms with van der Waals surface area (Å²) < 4.78 is 7.33. The molecule has 7 nitrogen and oxygen atoms in total. The van der Waals surface area contributed by atoms with E-state index >= 15 is 0 Å². The van der Waals surface area contributed by atoms with E-state index in [2.05, 4.69) is 26.4 Å². The highest BCUT2D eigenvalue weighted by molar-refractivity contribution is 5.78. The van der Waals surface area contributed by atoms with Gasteiger partial charge in [-0.15, -0.1) is 0 Å². The second-order valence-electron chi connectivity index (χ2n) is 7.02. The summed E-state index contributed by atoms with van der Waals surface area (Å²) in [5, 5.41) is 7.40. The lowest BCUT2D eigenvalue weighted by atomic mass is 10.0. The van der Waals surface area contributed by atoms with Gasteiger partial charge in [0, 0.05) is 44.2 Å². The molecule has 0 saturated carbocycles. The molecule has 4 rings (SSSR count). The first-order valence-electron chi connectivity index (χ1n) is 9.54. The molecule has 1 N–H and O–H groups in total. The van der Waals surface area contributed by atoms with E-state index in [1.165, 1.54) is 5.57 Å². The summed E-state index contributed by atoms with van der Waals surface area (Å²) in [6, 6.07) is 5.78. The van der Waals surface area contributed by atoms with Crippen LogP contribution in [0.1, 0.15) is 24.8 Å². The standard InChI is InChI=1S/C20H25N5O2/c26-20(22-13-18-4-3-11-27-18)15-24-9-6-16(7-10-24)17-12-23-25(14-17)19-5-1-2-8-21-19/h1-2,5-6,8,12,14,18H,3-4,7,9-11,13,15H2,(H,22,26)/t18-/m0/s1. The van der Waals surface area contributed by atoms with E-state index in [4.69, 9.17) is 4.74 Å². The number of rotatable bonds is 6. The second kappa shape index (κ2) is 8.45. The van der Waals surface area contributed by atoms with Gasteiger partial charge in [0.2, 0.25) is 5.91 Å². The van der Waals surface area contributed by atoms with Crippen LogP contribution in [0.2, 0.25) is 0 Å². The molecule has 27 heavy (non-hydrogen) atoms. The molecule has 1 atom stereocenters. The van der Waals surface area contributed by atoms with Gasteiger partial charge in [-0.1, -0.05) is 12.1 Å². The summed E-state index contributed by atoms with van der Waals surface area (Å²) in [6.45, 7) is 3.52. The van der Waals surface area contributed by atoms with Crippen LogP contribution in [0.25, 0.3) is 11.4 Å². The predicted molar refractivity (Wildman–Crippen MR) is 102 cm³/mol. The van der Waals surface area contributed by atoms with Crippen molar-refractivity contribution in [2.75, 3.05) is 32.8 Å². The molecule has 1 amide bonds. The fraction of sp³-hybridized carbons (Fsp3) is 0.450. The van der Waals surface area contributed by atoms with Crippen LogP contribution in [-0.4, -0.2) is 64.5 Å². The lowest BCUT2D eigenvalue weighted by molar-refractivity contribution is -0.122. The van der Waals surface area contributed by atoms with E-state index in [1.807, 2.05) is 30.6 Å². The van der Waals surface area contributed by atoms with E-state index in [9.17, 15) is 4.79 Å². The molecular weight excluding hydrogens is 342 g/mol. The van der Waals surface area contributed by atoms with Crippen molar-refractivity contribution in [1.29, 1.82) is 0 Å². The Labute approximate surface area is 159 Å². The first kappa shape index (κ1) is 17.9. The van der Waals surface area contributed by atoms with Gasteiger partial charge in [-0.3, -0.25) is 9.69 Å². The second-order valence-corrected chi connectivity index (χ2v) is 7.02. The average Bonchev–Trinajstić information content (AvgIpc) is 3.40. The average molecular weight is 367 g/mol. The lowest BCUT2D eigenvalue weighted by Crippen LogP contribution is -2.41. The van der Waals surface area contributed by atoms with Crippen LogP contribution in [0.3, 0.4) is 0 Å². The van der Waals surface area contributed by atoms with Gasteiger partial charge in [-0.2, -0.15) is 5.10 Å². The van der Waals surface area contributed by atoms with Crippen LogP contribution in [0, 0.1) is 0 Å². The summed E-state index contributed by atoms with van der Waals surface area (Å²) in [5.74, 6) is 0.884. The van der Waals surface area contributed by atoms with Crippen molar-refractivity contribution in [3.63, 3.8) is 0 Å². The van der Waals surface area contributed by atoms with Crippen molar-refractivity contribution in [2.45, 2.75) is 25.4 Å². The Morgan fingerprint density at radius 2 is 2.33 bits per heavy atom. The van der Waals surface area contributed by atoms with Crippen LogP contribution in [0.15, 0.2) is 42.9 Å². The molecule has 142 valence electrons. The highest BCUT2D eigenvalue weighted by Gasteiger charge is 2.19. The summed E-state index contributed by atoms with van der Waals surface area (Å²) in [5.41, 5.74) is 2.39. The van der Waals surface area contributed by atoms with Gasteiger partial charge < -0.3 is 10.1 Å². The third-order valence-electron chi connectivity index (χ3n) is 5.05. The van der Waals surface area contributed by atoms with E-state index in [-0.39, 0.29) is 12.0 Å². The largest absolute Gasteiger partial charge is 0.376 e. The van der Waals surface area contributed by atoms with Crippen LogP contribution in [0.4, 0.5) is 0 Å². The zero-order chi connectivity index (χ0) is 18.5. The number of aromatic nitrogens is 3. The zero-order valence-electron chi connectivity index (χ0n) is 15.4. The van der Waals surface area contributed by atoms with Crippen molar-refractivity contribution in [3.05, 3.63) is 48.4 Å². The number of carbonyl (C=O) groups excluding carboxylic acids is 1. The van der Waals surface area contributed by atoms with E-state index in [0.717, 1.165) is 50.3 Å². The molecule has 0 spiro atoms. The molecule has 1 fully saturated rings. The zero-order valence-corrected chi connectivity index (χ0v) is 15.4. The molecule has 0 aliphatic carbocycles. The van der Waals surface area contributed by atoms with Gasteiger partial charge in [0.1, 0.15) is 0 Å². The summed E-state index contributed by atoms with van der Waals surface area (Å²) >= 11 is 0. The maximum atomic E-state index is 12.1. The van der Waals surface area contributed by atoms with Crippen molar-refractivity contribution in [3.8, 4) is 5.82 Å². The number of nitrogens with one attached hydrogen (secondary N) is 1. The number of carbonyl (C=O) groups is 1. The predicted octanol–water partition coefficient (Wildman–Crippen LogP) is 1.65. The molecule has 2 aromatic heterocycles. The molecule has 0 unspecified atom stereocenters. The lowest BCUT2D eigenvalue weighted by Gasteiger charge is -2.25. The van der Waals surface area contributed by atoms with Gasteiger partial charge in [-0.05, 0) is 37.0 Å². The number of pyridine rings is 1. The first-order valence-corrected chi connectivity index (χ1v) is 9.54.